The fourth-order valence-corrected chi connectivity index (χ4v) is 2.78. The number of hydrogen-bond donors (Lipinski definition) is 1. The molecule has 3 heteroatoms. The predicted molar refractivity (Wildman–Crippen MR) is 106 cm³/mol. The molecule has 0 aromatic heterocycles. The van der Waals surface area contributed by atoms with Crippen LogP contribution in [0.1, 0.15) is 81.5 Å². The van der Waals surface area contributed by atoms with E-state index in [1.54, 1.807) is 12.1 Å². The molecule has 0 bridgehead atoms. The molecule has 0 atom stereocenters. The van der Waals surface area contributed by atoms with Crippen molar-refractivity contribution in [2.24, 2.45) is 0 Å². The minimum atomic E-state index is -0.410. The van der Waals surface area contributed by atoms with Crippen molar-refractivity contribution in [3.8, 4) is 0 Å². The first-order chi connectivity index (χ1) is 11.7. The Hall–Kier alpha value is -1.28. The first kappa shape index (κ1) is 20.8. The number of nitrogens with one attached hydrogen (secondary N) is 1. The topological polar surface area (TPSA) is 29.1 Å². The Labute approximate surface area is 152 Å². The number of carbonyl (C=O) groups excluding carboxylic acids is 1. The predicted octanol–water partition coefficient (Wildman–Crippen LogP) is 6.95. The Morgan fingerprint density at radius 2 is 1.67 bits per heavy atom. The largest absolute Gasteiger partial charge is 0.385 e. The second kappa shape index (κ2) is 14.1. The molecule has 0 saturated heterocycles. The molecule has 2 nitrogen and oxygen atoms in total. The third-order valence-electron chi connectivity index (χ3n) is 4.11. The maximum atomic E-state index is 11.1. The molecule has 1 aromatic rings. The maximum absolute atomic E-state index is 11.1. The van der Waals surface area contributed by atoms with Crippen LogP contribution in [0.5, 0.6) is 0 Å². The van der Waals surface area contributed by atoms with E-state index in [4.69, 9.17) is 11.6 Å². The van der Waals surface area contributed by atoms with Gasteiger partial charge in [0.15, 0.2) is 0 Å². The summed E-state index contributed by atoms with van der Waals surface area (Å²) in [5.41, 5.74) is 1.49. The Morgan fingerprint density at radius 1 is 1.00 bits per heavy atom. The fraction of sp³-hybridized carbons (Fsp3) is 0.571. The van der Waals surface area contributed by atoms with E-state index in [1.165, 1.54) is 51.4 Å². The molecule has 0 saturated carbocycles. The van der Waals surface area contributed by atoms with E-state index >= 15 is 0 Å². The second-order valence-corrected chi connectivity index (χ2v) is 6.65. The second-order valence-electron chi connectivity index (χ2n) is 6.30. The monoisotopic (exact) mass is 349 g/mol. The standard InChI is InChI=1S/C21H32ClNO/c1-2-3-4-5-6-7-8-9-10-11-12-13-17-23-20-16-14-15-19(18-20)21(22)24/h10-11,14-16,18,23H,2-9,12-13,17H2,1H3/b11-10+. The molecule has 0 radical (unpaired) electrons. The van der Waals surface area contributed by atoms with E-state index in [0.717, 1.165) is 25.1 Å². The lowest BCUT2D eigenvalue weighted by atomic mass is 10.1. The number of carbonyl (C=O) groups is 1. The quantitative estimate of drug-likeness (QED) is 0.223. The first-order valence-electron chi connectivity index (χ1n) is 9.42. The van der Waals surface area contributed by atoms with Crippen molar-refractivity contribution in [3.63, 3.8) is 0 Å². The zero-order valence-electron chi connectivity index (χ0n) is 15.0. The van der Waals surface area contributed by atoms with Gasteiger partial charge >= 0.3 is 0 Å². The zero-order chi connectivity index (χ0) is 17.5. The summed E-state index contributed by atoms with van der Waals surface area (Å²) in [6.07, 6.45) is 17.6. The van der Waals surface area contributed by atoms with Gasteiger partial charge in [0.05, 0.1) is 0 Å². The number of allylic oxidation sites excluding steroid dienone is 2. The zero-order valence-corrected chi connectivity index (χ0v) is 15.8. The van der Waals surface area contributed by atoms with E-state index in [2.05, 4.69) is 24.4 Å². The maximum Gasteiger partial charge on any atom is 0.252 e. The van der Waals surface area contributed by atoms with Gasteiger partial charge in [-0.2, -0.15) is 0 Å². The van der Waals surface area contributed by atoms with Gasteiger partial charge in [-0.25, -0.2) is 0 Å². The van der Waals surface area contributed by atoms with E-state index in [-0.39, 0.29) is 0 Å². The first-order valence-corrected chi connectivity index (χ1v) is 9.80. The average Bonchev–Trinajstić information content (AvgIpc) is 2.59. The summed E-state index contributed by atoms with van der Waals surface area (Å²) in [6.45, 7) is 3.17. The Kier molecular flexibility index (Phi) is 12.2. The van der Waals surface area contributed by atoms with Crippen LogP contribution in [0, 0.1) is 0 Å². The van der Waals surface area contributed by atoms with Crippen LogP contribution in [0.25, 0.3) is 0 Å². The molecule has 0 aliphatic rings. The van der Waals surface area contributed by atoms with Gasteiger partial charge in [-0.15, -0.1) is 0 Å². The molecule has 0 unspecified atom stereocenters. The molecular weight excluding hydrogens is 318 g/mol. The molecule has 0 amide bonds. The lowest BCUT2D eigenvalue weighted by Crippen LogP contribution is -2.01. The molecule has 0 spiro atoms. The highest BCUT2D eigenvalue weighted by Crippen LogP contribution is 2.13. The summed E-state index contributed by atoms with van der Waals surface area (Å²) in [5.74, 6) is 0. The van der Waals surface area contributed by atoms with Crippen molar-refractivity contribution in [2.75, 3.05) is 11.9 Å². The minimum absolute atomic E-state index is 0.410. The van der Waals surface area contributed by atoms with Crippen LogP contribution in [0.3, 0.4) is 0 Å². The number of hydrogen-bond acceptors (Lipinski definition) is 2. The van der Waals surface area contributed by atoms with Crippen LogP contribution >= 0.6 is 11.6 Å². The number of benzene rings is 1. The number of unbranched alkanes of at least 4 members (excludes halogenated alkanes) is 8. The normalized spacial score (nSPS) is 11.1. The molecule has 1 N–H and O–H groups in total. The molecule has 0 heterocycles. The highest BCUT2D eigenvalue weighted by molar-refractivity contribution is 6.67. The smallest absolute Gasteiger partial charge is 0.252 e. The Balaban J connectivity index is 1.98. The van der Waals surface area contributed by atoms with Crippen molar-refractivity contribution < 1.29 is 4.79 Å². The molecular formula is C21H32ClNO. The van der Waals surface area contributed by atoms with E-state index < -0.39 is 5.24 Å². The third kappa shape index (κ3) is 10.5. The molecule has 0 fully saturated rings. The van der Waals surface area contributed by atoms with Gasteiger partial charge in [-0.05, 0) is 55.5 Å². The Bertz CT molecular complexity index is 484. The molecule has 134 valence electrons. The van der Waals surface area contributed by atoms with Crippen LogP contribution in [-0.4, -0.2) is 11.8 Å². The number of anilines is 1. The van der Waals surface area contributed by atoms with Crippen LogP contribution in [0.4, 0.5) is 5.69 Å². The summed E-state index contributed by atoms with van der Waals surface area (Å²) in [4.78, 5) is 11.1. The average molecular weight is 350 g/mol. The summed E-state index contributed by atoms with van der Waals surface area (Å²) in [6, 6.07) is 7.33. The SMILES string of the molecule is CCCCCCCCC/C=C/CCCNc1cccc(C(=O)Cl)c1. The summed E-state index contributed by atoms with van der Waals surface area (Å²) >= 11 is 5.49. The molecule has 24 heavy (non-hydrogen) atoms. The molecule has 1 aromatic carbocycles. The van der Waals surface area contributed by atoms with Gasteiger partial charge in [-0.1, -0.05) is 63.7 Å². The van der Waals surface area contributed by atoms with E-state index in [0.29, 0.717) is 5.56 Å². The van der Waals surface area contributed by atoms with Gasteiger partial charge in [0, 0.05) is 17.8 Å². The highest BCUT2D eigenvalue weighted by Gasteiger charge is 2.01. The van der Waals surface area contributed by atoms with Crippen molar-refractivity contribution in [1.82, 2.24) is 0 Å². The van der Waals surface area contributed by atoms with Crippen molar-refractivity contribution in [3.05, 3.63) is 42.0 Å². The fourth-order valence-electron chi connectivity index (χ4n) is 2.66. The summed E-state index contributed by atoms with van der Waals surface area (Å²) in [5, 5.41) is 2.92. The van der Waals surface area contributed by atoms with Crippen LogP contribution in [-0.2, 0) is 0 Å². The Morgan fingerprint density at radius 3 is 2.38 bits per heavy atom. The highest BCUT2D eigenvalue weighted by atomic mass is 35.5. The number of halogens is 1. The van der Waals surface area contributed by atoms with Crippen molar-refractivity contribution in [2.45, 2.75) is 71.1 Å². The van der Waals surface area contributed by atoms with E-state index in [1.807, 2.05) is 12.1 Å². The van der Waals surface area contributed by atoms with Crippen molar-refractivity contribution in [1.29, 1.82) is 0 Å². The summed E-state index contributed by atoms with van der Waals surface area (Å²) < 4.78 is 0. The number of rotatable bonds is 14. The van der Waals surface area contributed by atoms with Crippen LogP contribution in [0.15, 0.2) is 36.4 Å². The molecule has 0 aliphatic heterocycles. The molecule has 1 rings (SSSR count). The lowest BCUT2D eigenvalue weighted by molar-refractivity contribution is 0.108. The van der Waals surface area contributed by atoms with Gasteiger partial charge in [0.2, 0.25) is 0 Å². The third-order valence-corrected chi connectivity index (χ3v) is 4.33. The van der Waals surface area contributed by atoms with Crippen molar-refractivity contribution >= 4 is 22.5 Å². The lowest BCUT2D eigenvalue weighted by Gasteiger charge is -2.06. The molecule has 0 aliphatic carbocycles. The van der Waals surface area contributed by atoms with Gasteiger partial charge in [0.25, 0.3) is 5.24 Å². The van der Waals surface area contributed by atoms with Gasteiger partial charge in [0.1, 0.15) is 0 Å². The minimum Gasteiger partial charge on any atom is -0.385 e. The summed E-state index contributed by atoms with van der Waals surface area (Å²) in [7, 11) is 0. The van der Waals surface area contributed by atoms with Crippen LogP contribution < -0.4 is 5.32 Å². The van der Waals surface area contributed by atoms with Gasteiger partial charge < -0.3 is 5.32 Å². The van der Waals surface area contributed by atoms with Crippen LogP contribution in [0.2, 0.25) is 0 Å². The van der Waals surface area contributed by atoms with E-state index in [9.17, 15) is 4.79 Å². The van der Waals surface area contributed by atoms with Gasteiger partial charge in [-0.3, -0.25) is 4.79 Å².